The van der Waals surface area contributed by atoms with E-state index in [1.807, 2.05) is 13.8 Å². The first-order chi connectivity index (χ1) is 8.97. The van der Waals surface area contributed by atoms with Gasteiger partial charge in [0.2, 0.25) is 5.91 Å². The molecule has 1 fully saturated rings. The number of rotatable bonds is 4. The van der Waals surface area contributed by atoms with Gasteiger partial charge < -0.3 is 20.1 Å². The summed E-state index contributed by atoms with van der Waals surface area (Å²) in [6.07, 6.45) is 1.03. The molecule has 1 saturated heterocycles. The Bertz CT molecular complexity index is 320. The maximum atomic E-state index is 11.7. The fourth-order valence-corrected chi connectivity index (χ4v) is 2.35. The van der Waals surface area contributed by atoms with E-state index in [-0.39, 0.29) is 36.5 Å². The maximum Gasteiger partial charge on any atom is 0.409 e. The third kappa shape index (κ3) is 4.70. The highest BCUT2D eigenvalue weighted by Crippen LogP contribution is 2.20. The van der Waals surface area contributed by atoms with Crippen molar-refractivity contribution in [1.82, 2.24) is 10.2 Å². The predicted molar refractivity (Wildman–Crippen MR) is 70.6 cm³/mol. The van der Waals surface area contributed by atoms with E-state index in [4.69, 9.17) is 9.84 Å². The van der Waals surface area contributed by atoms with Gasteiger partial charge in [0.25, 0.3) is 0 Å². The first-order valence-electron chi connectivity index (χ1n) is 6.72. The Kier molecular flexibility index (Phi) is 6.08. The number of ether oxygens (including phenoxy) is 1. The first kappa shape index (κ1) is 15.8. The van der Waals surface area contributed by atoms with Crippen molar-refractivity contribution in [1.29, 1.82) is 0 Å². The van der Waals surface area contributed by atoms with Crippen LogP contribution >= 0.6 is 0 Å². The molecule has 0 bridgehead atoms. The standard InChI is InChI=1S/C13H24N2O4/c1-9(2)12(17)14-11-6-10(4-5-16)7-15(8-11)13(18)19-3/h9-11,16H,4-8H2,1-3H3,(H,14,17). The van der Waals surface area contributed by atoms with Gasteiger partial charge in [-0.05, 0) is 18.8 Å². The molecule has 6 nitrogen and oxygen atoms in total. The molecule has 2 atom stereocenters. The van der Waals surface area contributed by atoms with Crippen molar-refractivity contribution in [3.05, 3.63) is 0 Å². The van der Waals surface area contributed by atoms with Crippen LogP contribution in [0, 0.1) is 11.8 Å². The second-order valence-corrected chi connectivity index (χ2v) is 5.35. The fraction of sp³-hybridized carbons (Fsp3) is 0.846. The number of aliphatic hydroxyl groups excluding tert-OH is 1. The van der Waals surface area contributed by atoms with Crippen molar-refractivity contribution in [3.63, 3.8) is 0 Å². The zero-order valence-electron chi connectivity index (χ0n) is 11.9. The highest BCUT2D eigenvalue weighted by Gasteiger charge is 2.31. The summed E-state index contributed by atoms with van der Waals surface area (Å²) in [5, 5.41) is 12.0. The van der Waals surface area contributed by atoms with Gasteiger partial charge in [0, 0.05) is 31.7 Å². The van der Waals surface area contributed by atoms with Gasteiger partial charge in [0.05, 0.1) is 7.11 Å². The number of nitrogens with one attached hydrogen (secondary N) is 1. The van der Waals surface area contributed by atoms with E-state index in [1.54, 1.807) is 4.90 Å². The minimum atomic E-state index is -0.383. The van der Waals surface area contributed by atoms with Crippen LogP contribution in [0.4, 0.5) is 4.79 Å². The van der Waals surface area contributed by atoms with E-state index in [2.05, 4.69) is 5.32 Å². The average Bonchev–Trinajstić information content (AvgIpc) is 2.37. The molecule has 0 radical (unpaired) electrons. The van der Waals surface area contributed by atoms with Crippen molar-refractivity contribution in [2.75, 3.05) is 26.8 Å². The van der Waals surface area contributed by atoms with Crippen LogP contribution in [0.3, 0.4) is 0 Å². The van der Waals surface area contributed by atoms with Gasteiger partial charge in [-0.25, -0.2) is 4.79 Å². The molecule has 2 unspecified atom stereocenters. The molecule has 2 N–H and O–H groups in total. The van der Waals surface area contributed by atoms with Crippen molar-refractivity contribution >= 4 is 12.0 Å². The summed E-state index contributed by atoms with van der Waals surface area (Å²) in [4.78, 5) is 24.9. The third-order valence-electron chi connectivity index (χ3n) is 3.38. The predicted octanol–water partition coefficient (Wildman–Crippen LogP) is 0.598. The number of hydrogen-bond donors (Lipinski definition) is 2. The Morgan fingerprint density at radius 1 is 1.42 bits per heavy atom. The quantitative estimate of drug-likeness (QED) is 0.785. The summed E-state index contributed by atoms with van der Waals surface area (Å²) in [6.45, 7) is 4.79. The molecule has 0 aromatic heterocycles. The Morgan fingerprint density at radius 2 is 2.11 bits per heavy atom. The van der Waals surface area contributed by atoms with Crippen molar-refractivity contribution < 1.29 is 19.4 Å². The Balaban J connectivity index is 2.64. The topological polar surface area (TPSA) is 78.9 Å². The van der Waals surface area contributed by atoms with Crippen LogP contribution in [0.25, 0.3) is 0 Å². The second-order valence-electron chi connectivity index (χ2n) is 5.35. The molecular weight excluding hydrogens is 248 g/mol. The summed E-state index contributed by atoms with van der Waals surface area (Å²) in [5.41, 5.74) is 0. The lowest BCUT2D eigenvalue weighted by Gasteiger charge is -2.37. The van der Waals surface area contributed by atoms with Crippen molar-refractivity contribution in [2.24, 2.45) is 11.8 Å². The number of methoxy groups -OCH3 is 1. The smallest absolute Gasteiger partial charge is 0.409 e. The SMILES string of the molecule is COC(=O)N1CC(CCO)CC(NC(=O)C(C)C)C1. The Labute approximate surface area is 114 Å². The minimum absolute atomic E-state index is 0.0144. The summed E-state index contributed by atoms with van der Waals surface area (Å²) < 4.78 is 4.73. The lowest BCUT2D eigenvalue weighted by molar-refractivity contribution is -0.125. The van der Waals surface area contributed by atoms with Crippen LogP contribution in [0.5, 0.6) is 0 Å². The highest BCUT2D eigenvalue weighted by molar-refractivity contribution is 5.78. The third-order valence-corrected chi connectivity index (χ3v) is 3.38. The lowest BCUT2D eigenvalue weighted by atomic mass is 9.91. The minimum Gasteiger partial charge on any atom is -0.453 e. The number of carbonyl (C=O) groups excluding carboxylic acids is 2. The van der Waals surface area contributed by atoms with Crippen LogP contribution in [0.1, 0.15) is 26.7 Å². The second kappa shape index (κ2) is 7.33. The molecule has 0 aromatic carbocycles. The lowest BCUT2D eigenvalue weighted by Crippen LogP contribution is -2.53. The molecule has 0 spiro atoms. The summed E-state index contributed by atoms with van der Waals surface area (Å²) in [6, 6.07) is -0.0701. The van der Waals surface area contributed by atoms with E-state index >= 15 is 0 Å². The van der Waals surface area contributed by atoms with Crippen molar-refractivity contribution in [3.8, 4) is 0 Å². The number of nitrogens with zero attached hydrogens (tertiary/aromatic N) is 1. The van der Waals surface area contributed by atoms with E-state index in [1.165, 1.54) is 7.11 Å². The number of piperidine rings is 1. The molecule has 2 amide bonds. The zero-order valence-corrected chi connectivity index (χ0v) is 11.9. The van der Waals surface area contributed by atoms with Crippen LogP contribution < -0.4 is 5.32 Å². The molecule has 1 aliphatic heterocycles. The van der Waals surface area contributed by atoms with Gasteiger partial charge in [-0.1, -0.05) is 13.8 Å². The maximum absolute atomic E-state index is 11.7. The Hall–Kier alpha value is -1.30. The monoisotopic (exact) mass is 272 g/mol. The number of likely N-dealkylation sites (tertiary alicyclic amines) is 1. The normalized spacial score (nSPS) is 23.3. The summed E-state index contributed by atoms with van der Waals surface area (Å²) in [5.74, 6) is 0.0968. The largest absolute Gasteiger partial charge is 0.453 e. The van der Waals surface area contributed by atoms with E-state index < -0.39 is 0 Å². The number of carbonyl (C=O) groups is 2. The van der Waals surface area contributed by atoms with Crippen LogP contribution in [-0.2, 0) is 9.53 Å². The summed E-state index contributed by atoms with van der Waals surface area (Å²) >= 11 is 0. The molecule has 110 valence electrons. The van der Waals surface area contributed by atoms with Gasteiger partial charge in [-0.15, -0.1) is 0 Å². The van der Waals surface area contributed by atoms with E-state index in [9.17, 15) is 9.59 Å². The number of aliphatic hydroxyl groups is 1. The van der Waals surface area contributed by atoms with E-state index in [0.717, 1.165) is 6.42 Å². The van der Waals surface area contributed by atoms with Crippen LogP contribution in [-0.4, -0.2) is 54.9 Å². The molecule has 6 heteroatoms. The molecule has 19 heavy (non-hydrogen) atoms. The summed E-state index contributed by atoms with van der Waals surface area (Å²) in [7, 11) is 1.35. The van der Waals surface area contributed by atoms with Gasteiger partial charge in [-0.3, -0.25) is 4.79 Å². The zero-order chi connectivity index (χ0) is 14.4. The number of hydrogen-bond acceptors (Lipinski definition) is 4. The molecule has 0 aromatic rings. The molecular formula is C13H24N2O4. The average molecular weight is 272 g/mol. The molecule has 1 rings (SSSR count). The molecule has 0 aliphatic carbocycles. The fourth-order valence-electron chi connectivity index (χ4n) is 2.35. The van der Waals surface area contributed by atoms with Gasteiger partial charge in [0.15, 0.2) is 0 Å². The van der Waals surface area contributed by atoms with Gasteiger partial charge in [0.1, 0.15) is 0 Å². The molecule has 0 saturated carbocycles. The van der Waals surface area contributed by atoms with Crippen LogP contribution in [0.2, 0.25) is 0 Å². The first-order valence-corrected chi connectivity index (χ1v) is 6.72. The van der Waals surface area contributed by atoms with Crippen molar-refractivity contribution in [2.45, 2.75) is 32.7 Å². The molecule has 1 heterocycles. The van der Waals surface area contributed by atoms with Gasteiger partial charge in [-0.2, -0.15) is 0 Å². The Morgan fingerprint density at radius 3 is 2.63 bits per heavy atom. The van der Waals surface area contributed by atoms with Gasteiger partial charge >= 0.3 is 6.09 Å². The highest BCUT2D eigenvalue weighted by atomic mass is 16.5. The van der Waals surface area contributed by atoms with E-state index in [0.29, 0.717) is 19.5 Å². The number of amides is 2. The molecule has 1 aliphatic rings. The van der Waals surface area contributed by atoms with Crippen LogP contribution in [0.15, 0.2) is 0 Å².